The first-order valence-corrected chi connectivity index (χ1v) is 15.8. The van der Waals surface area contributed by atoms with Crippen LogP contribution >= 0.6 is 0 Å². The largest absolute Gasteiger partial charge is 0.469 e. The molecule has 0 aromatic carbocycles. The van der Waals surface area contributed by atoms with E-state index >= 15 is 0 Å². The number of nitrogens with zero attached hydrogens (tertiary/aromatic N) is 2. The second-order valence-electron chi connectivity index (χ2n) is 11.8. The Bertz CT molecular complexity index is 2000. The number of methoxy groups -OCH3 is 2. The molecule has 5 heterocycles. The van der Waals surface area contributed by atoms with Crippen molar-refractivity contribution in [1.29, 1.82) is 0 Å². The molecule has 0 unspecified atom stereocenters. The molecule has 0 spiro atoms. The standard InChI is InChI=1S/C37H42N4O5.Ni/c1-9-23-19(3)28-15-30-21(5)25(11-13-34(43)45-7)36(40-30)27(18-42)37-26(12-14-35(44)46-8)22(6)31(41-37)17-33-24(10-2)20(4)29(39-33)16-32(23)38-28;/h15-18,38,41H,9-14H2,1-8H3;. The van der Waals surface area contributed by atoms with Gasteiger partial charge in [0.05, 0.1) is 48.1 Å². The van der Waals surface area contributed by atoms with Crippen molar-refractivity contribution in [3.05, 3.63) is 68.8 Å². The van der Waals surface area contributed by atoms with E-state index in [0.717, 1.165) is 86.0 Å². The van der Waals surface area contributed by atoms with Crippen LogP contribution in [0.3, 0.4) is 0 Å². The third-order valence-electron chi connectivity index (χ3n) is 9.42. The fourth-order valence-electron chi connectivity index (χ4n) is 6.65. The van der Waals surface area contributed by atoms with Gasteiger partial charge in [0.15, 0.2) is 6.29 Å². The van der Waals surface area contributed by atoms with Crippen LogP contribution in [0.1, 0.15) is 109 Å². The van der Waals surface area contributed by atoms with Crippen LogP contribution < -0.4 is 0 Å². The summed E-state index contributed by atoms with van der Waals surface area (Å²) in [6.45, 7) is 12.4. The Hall–Kier alpha value is -4.30. The molecular formula is C37H42N4NiO5. The Morgan fingerprint density at radius 2 is 1.28 bits per heavy atom. The van der Waals surface area contributed by atoms with Crippen molar-refractivity contribution in [1.82, 2.24) is 19.9 Å². The van der Waals surface area contributed by atoms with Crippen molar-refractivity contribution in [2.75, 3.05) is 14.2 Å². The van der Waals surface area contributed by atoms with E-state index in [0.29, 0.717) is 35.3 Å². The van der Waals surface area contributed by atoms with Gasteiger partial charge in [0, 0.05) is 45.9 Å². The van der Waals surface area contributed by atoms with E-state index in [4.69, 9.17) is 19.4 Å². The Labute approximate surface area is 285 Å². The Morgan fingerprint density at radius 1 is 0.723 bits per heavy atom. The van der Waals surface area contributed by atoms with Crippen molar-refractivity contribution >= 4 is 62.6 Å². The predicted octanol–water partition coefficient (Wildman–Crippen LogP) is 7.63. The molecule has 3 aromatic heterocycles. The van der Waals surface area contributed by atoms with Gasteiger partial charge in [-0.05, 0) is 116 Å². The predicted molar refractivity (Wildman–Crippen MR) is 182 cm³/mol. The van der Waals surface area contributed by atoms with E-state index < -0.39 is 0 Å². The van der Waals surface area contributed by atoms with Gasteiger partial charge in [-0.3, -0.25) is 14.4 Å². The summed E-state index contributed by atoms with van der Waals surface area (Å²) in [5.41, 5.74) is 14.7. The summed E-state index contributed by atoms with van der Waals surface area (Å²) in [5.74, 6) is -0.680. The van der Waals surface area contributed by atoms with Gasteiger partial charge in [-0.1, -0.05) is 13.8 Å². The van der Waals surface area contributed by atoms with E-state index in [9.17, 15) is 14.4 Å². The molecule has 0 saturated heterocycles. The van der Waals surface area contributed by atoms with Gasteiger partial charge in [-0.15, -0.1) is 0 Å². The molecule has 0 fully saturated rings. The molecule has 0 amide bonds. The molecular weight excluding hydrogens is 639 g/mol. The van der Waals surface area contributed by atoms with E-state index in [2.05, 4.69) is 43.7 Å². The van der Waals surface area contributed by atoms with Crippen LogP contribution in [0.5, 0.6) is 0 Å². The van der Waals surface area contributed by atoms with Crippen LogP contribution in [0.15, 0.2) is 18.2 Å². The number of aldehydes is 1. The number of aromatic amines is 2. The second-order valence-corrected chi connectivity index (χ2v) is 11.8. The number of ether oxygens (including phenoxy) is 2. The minimum Gasteiger partial charge on any atom is -0.469 e. The summed E-state index contributed by atoms with van der Waals surface area (Å²) >= 11 is 0. The van der Waals surface area contributed by atoms with Gasteiger partial charge in [-0.2, -0.15) is 0 Å². The minimum absolute atomic E-state index is 0. The zero-order chi connectivity index (χ0) is 33.3. The van der Waals surface area contributed by atoms with Crippen LogP contribution in [0.25, 0.3) is 44.4 Å². The minimum atomic E-state index is -0.342. The Kier molecular flexibility index (Phi) is 11.1. The summed E-state index contributed by atoms with van der Waals surface area (Å²) in [6, 6.07) is 6.18. The van der Waals surface area contributed by atoms with E-state index in [1.54, 1.807) is 0 Å². The number of aryl methyl sites for hydroxylation is 4. The van der Waals surface area contributed by atoms with Gasteiger partial charge in [0.2, 0.25) is 0 Å². The summed E-state index contributed by atoms with van der Waals surface area (Å²) < 4.78 is 9.89. The molecule has 9 nitrogen and oxygen atoms in total. The van der Waals surface area contributed by atoms with Gasteiger partial charge in [0.1, 0.15) is 0 Å². The Balaban J connectivity index is 0.00000500. The molecule has 8 bridgehead atoms. The SMILES string of the molecule is CCC1=C(C)c2cc3[nH]c(cc4nc(c(C=O)c5[nH]c(cc1n2)c(C)c5CCC(=O)OC)C(CCC(=O)OC)=C4C)c(C)c3CC.[Ni]. The van der Waals surface area contributed by atoms with Gasteiger partial charge in [-0.25, -0.2) is 9.97 Å². The Morgan fingerprint density at radius 3 is 1.89 bits per heavy atom. The van der Waals surface area contributed by atoms with E-state index in [1.807, 2.05) is 26.0 Å². The summed E-state index contributed by atoms with van der Waals surface area (Å²) in [6.07, 6.45) is 3.47. The molecule has 0 saturated carbocycles. The number of hydrogen-bond donors (Lipinski definition) is 2. The zero-order valence-electron chi connectivity index (χ0n) is 28.3. The monoisotopic (exact) mass is 680 g/mol. The van der Waals surface area contributed by atoms with Crippen LogP contribution in [0.2, 0.25) is 0 Å². The number of esters is 2. The molecule has 0 atom stereocenters. The molecule has 250 valence electrons. The maximum Gasteiger partial charge on any atom is 0.305 e. The third kappa shape index (κ3) is 6.61. The molecule has 10 heteroatoms. The van der Waals surface area contributed by atoms with E-state index in [-0.39, 0.29) is 41.3 Å². The normalized spacial score (nSPS) is 12.7. The van der Waals surface area contributed by atoms with Gasteiger partial charge in [0.25, 0.3) is 0 Å². The number of H-pyrrole nitrogens is 2. The first kappa shape index (κ1) is 35.6. The number of carbonyl (C=O) groups excluding carboxylic acids is 3. The molecule has 5 rings (SSSR count). The molecule has 47 heavy (non-hydrogen) atoms. The topological polar surface area (TPSA) is 127 Å². The maximum atomic E-state index is 13.1. The van der Waals surface area contributed by atoms with Crippen LogP contribution in [-0.2, 0) is 48.4 Å². The van der Waals surface area contributed by atoms with Gasteiger partial charge < -0.3 is 19.4 Å². The zero-order valence-corrected chi connectivity index (χ0v) is 29.3. The van der Waals surface area contributed by atoms with Crippen LogP contribution in [-0.4, -0.2) is 52.4 Å². The number of carbonyl (C=O) groups is 3. The van der Waals surface area contributed by atoms with E-state index in [1.165, 1.54) is 19.8 Å². The first-order chi connectivity index (χ1) is 22.1. The second kappa shape index (κ2) is 14.6. The molecule has 2 aliphatic heterocycles. The van der Waals surface area contributed by atoms with Crippen molar-refractivity contribution in [2.45, 2.75) is 80.1 Å². The number of aromatic nitrogens is 4. The van der Waals surface area contributed by atoms with Crippen molar-refractivity contribution in [2.24, 2.45) is 0 Å². The number of allylic oxidation sites excluding steroid dienone is 4. The third-order valence-corrected chi connectivity index (χ3v) is 9.42. The fraction of sp³-hybridized carbons (Fsp3) is 0.378. The van der Waals surface area contributed by atoms with Crippen molar-refractivity contribution in [3.8, 4) is 0 Å². The smallest absolute Gasteiger partial charge is 0.305 e. The van der Waals surface area contributed by atoms with Crippen molar-refractivity contribution < 1.29 is 40.3 Å². The summed E-state index contributed by atoms with van der Waals surface area (Å²) in [5, 5.41) is 0. The molecule has 0 aliphatic carbocycles. The summed E-state index contributed by atoms with van der Waals surface area (Å²) in [7, 11) is 2.73. The van der Waals surface area contributed by atoms with Crippen LogP contribution in [0.4, 0.5) is 0 Å². The average molecular weight is 681 g/mol. The first-order valence-electron chi connectivity index (χ1n) is 15.8. The van der Waals surface area contributed by atoms with Crippen molar-refractivity contribution in [3.63, 3.8) is 0 Å². The number of fused-ring (bicyclic) bond motifs is 8. The molecule has 2 N–H and O–H groups in total. The molecule has 0 radical (unpaired) electrons. The molecule has 3 aromatic rings. The quantitative estimate of drug-likeness (QED) is 0.135. The number of rotatable bonds is 9. The maximum absolute atomic E-state index is 13.1. The molecule has 2 aliphatic rings. The fourth-order valence-corrected chi connectivity index (χ4v) is 6.65. The average Bonchev–Trinajstić information content (AvgIpc) is 3.72. The number of nitrogens with one attached hydrogen (secondary N) is 2. The van der Waals surface area contributed by atoms with Crippen LogP contribution in [0, 0.1) is 13.8 Å². The number of hydrogen-bond acceptors (Lipinski definition) is 7. The van der Waals surface area contributed by atoms with Gasteiger partial charge >= 0.3 is 11.9 Å². The summed E-state index contributed by atoms with van der Waals surface area (Å²) in [4.78, 5) is 54.9.